The highest BCUT2D eigenvalue weighted by molar-refractivity contribution is 6.26. The van der Waals surface area contributed by atoms with Crippen LogP contribution in [0.25, 0.3) is 274 Å². The van der Waals surface area contributed by atoms with Crippen LogP contribution in [0.15, 0.2) is 493 Å². The second-order valence-corrected chi connectivity index (χ2v) is 35.0. The van der Waals surface area contributed by atoms with Gasteiger partial charge in [-0.1, -0.05) is 382 Å². The van der Waals surface area contributed by atoms with Crippen molar-refractivity contribution in [2.75, 3.05) is 0 Å². The van der Waals surface area contributed by atoms with E-state index in [9.17, 15) is 0 Å². The van der Waals surface area contributed by atoms with Gasteiger partial charge in [-0.15, -0.1) is 0 Å². The highest BCUT2D eigenvalue weighted by Crippen LogP contribution is 2.50. The molecule has 0 unspecified atom stereocenters. The zero-order chi connectivity index (χ0) is 89.0. The number of para-hydroxylation sites is 1. The number of hydrogen-bond acceptors (Lipinski definition) is 6. The highest BCUT2D eigenvalue weighted by Gasteiger charge is 2.24. The average molecular weight is 1720 g/mol. The summed E-state index contributed by atoms with van der Waals surface area (Å²) in [7, 11) is 0. The molecule has 0 aliphatic heterocycles. The van der Waals surface area contributed by atoms with Gasteiger partial charge in [-0.3, -0.25) is 15.0 Å². The van der Waals surface area contributed by atoms with E-state index in [1.54, 1.807) is 0 Å². The number of nitrogens with zero attached hydrogens (tertiary/aromatic N) is 3. The molecule has 0 amide bonds. The van der Waals surface area contributed by atoms with Crippen molar-refractivity contribution in [3.05, 3.63) is 480 Å². The zero-order valence-corrected chi connectivity index (χ0v) is 73.2. The third kappa shape index (κ3) is 13.5. The lowest BCUT2D eigenvalue weighted by Gasteiger charge is -2.17. The fraction of sp³-hybridized carbons (Fsp3) is 0. The van der Waals surface area contributed by atoms with Gasteiger partial charge in [-0.05, 0) is 232 Å². The Hall–Kier alpha value is -18.0. The summed E-state index contributed by atoms with van der Waals surface area (Å²) in [6.45, 7) is 0. The minimum Gasteiger partial charge on any atom is -0.456 e. The molecule has 0 saturated heterocycles. The van der Waals surface area contributed by atoms with Crippen LogP contribution in [0.5, 0.6) is 0 Å². The summed E-state index contributed by atoms with van der Waals surface area (Å²) >= 11 is 0. The van der Waals surface area contributed by atoms with E-state index in [1.165, 1.54) is 142 Å². The molecule has 6 nitrogen and oxygen atoms in total. The first kappa shape index (κ1) is 78.1. The maximum Gasteiger partial charge on any atom is 0.144 e. The minimum atomic E-state index is 0.871. The monoisotopic (exact) mass is 1720 g/mol. The summed E-state index contributed by atoms with van der Waals surface area (Å²) in [4.78, 5) is 15.0. The summed E-state index contributed by atoms with van der Waals surface area (Å²) in [5.41, 5.74) is 28.1. The van der Waals surface area contributed by atoms with E-state index in [4.69, 9.17) is 28.2 Å². The summed E-state index contributed by atoms with van der Waals surface area (Å²) in [5.74, 6) is 0. The largest absolute Gasteiger partial charge is 0.456 e. The van der Waals surface area contributed by atoms with Gasteiger partial charge in [-0.2, -0.15) is 0 Å². The van der Waals surface area contributed by atoms with Gasteiger partial charge in [0.05, 0.1) is 17.1 Å². The maximum absolute atomic E-state index is 6.49. The molecular weight excluding hydrogens is 1640 g/mol. The number of rotatable bonds is 10. The topological polar surface area (TPSA) is 78.1 Å². The molecule has 0 N–H and O–H groups in total. The lowest BCUT2D eigenvalue weighted by Crippen LogP contribution is -1.92. The molecule has 0 spiro atoms. The first-order valence-electron chi connectivity index (χ1n) is 46.0. The molecule has 6 heterocycles. The Morgan fingerprint density at radius 2 is 0.437 bits per heavy atom. The Morgan fingerprint density at radius 3 is 0.874 bits per heavy atom. The molecule has 0 aliphatic rings. The third-order valence-corrected chi connectivity index (χ3v) is 27.3. The normalized spacial score (nSPS) is 11.7. The van der Waals surface area contributed by atoms with Gasteiger partial charge in [0.2, 0.25) is 0 Å². The molecule has 135 heavy (non-hydrogen) atoms. The molecule has 0 bridgehead atoms. The van der Waals surface area contributed by atoms with Gasteiger partial charge in [0.25, 0.3) is 0 Å². The maximum atomic E-state index is 6.49. The van der Waals surface area contributed by atoms with E-state index in [0.29, 0.717) is 0 Å². The Morgan fingerprint density at radius 1 is 0.133 bits per heavy atom. The number of furan rings is 3. The van der Waals surface area contributed by atoms with Crippen molar-refractivity contribution in [3.63, 3.8) is 0 Å². The van der Waals surface area contributed by atoms with Crippen molar-refractivity contribution < 1.29 is 13.3 Å². The summed E-state index contributed by atoms with van der Waals surface area (Å²) in [5, 5.41) is 28.7. The van der Waals surface area contributed by atoms with Crippen LogP contribution in [0.2, 0.25) is 0 Å². The Bertz CT molecular complexity index is 9410. The first-order valence-corrected chi connectivity index (χ1v) is 46.0. The van der Waals surface area contributed by atoms with Gasteiger partial charge >= 0.3 is 0 Å². The molecule has 28 aromatic rings. The van der Waals surface area contributed by atoms with Crippen LogP contribution in [0.4, 0.5) is 0 Å². The molecule has 0 atom stereocenters. The van der Waals surface area contributed by atoms with Crippen molar-refractivity contribution >= 4 is 163 Å². The van der Waals surface area contributed by atoms with Gasteiger partial charge in [-0.25, -0.2) is 0 Å². The lowest BCUT2D eigenvalue weighted by atomic mass is 9.86. The summed E-state index contributed by atoms with van der Waals surface area (Å²) in [6.07, 6.45) is 6.06. The number of benzene rings is 22. The van der Waals surface area contributed by atoms with Crippen molar-refractivity contribution in [1.82, 2.24) is 15.0 Å². The van der Waals surface area contributed by atoms with Gasteiger partial charge in [0, 0.05) is 89.7 Å². The Balaban J connectivity index is 0.000000106. The lowest BCUT2D eigenvalue weighted by molar-refractivity contribution is 0.669. The molecule has 0 saturated carbocycles. The van der Waals surface area contributed by atoms with E-state index in [-0.39, 0.29) is 0 Å². The number of pyridine rings is 3. The molecular formula is C129H79N3O3. The summed E-state index contributed by atoms with van der Waals surface area (Å²) in [6, 6.07) is 164. The quantitative estimate of drug-likeness (QED) is 0.127. The summed E-state index contributed by atoms with van der Waals surface area (Å²) < 4.78 is 19.2. The second kappa shape index (κ2) is 32.6. The van der Waals surface area contributed by atoms with Crippen molar-refractivity contribution in [1.29, 1.82) is 0 Å². The van der Waals surface area contributed by atoms with Gasteiger partial charge in [0.1, 0.15) is 33.5 Å². The van der Waals surface area contributed by atoms with E-state index in [1.807, 2.05) is 18.6 Å². The first-order chi connectivity index (χ1) is 66.9. The fourth-order valence-electron chi connectivity index (χ4n) is 21.0. The molecule has 0 aliphatic carbocycles. The number of hydrogen-bond donors (Lipinski definition) is 0. The fourth-order valence-corrected chi connectivity index (χ4v) is 21.0. The van der Waals surface area contributed by atoms with Crippen LogP contribution in [-0.2, 0) is 0 Å². The Labute approximate surface area is 776 Å². The molecule has 6 heteroatoms. The molecule has 628 valence electrons. The van der Waals surface area contributed by atoms with Crippen LogP contribution in [0.3, 0.4) is 0 Å². The second-order valence-electron chi connectivity index (χ2n) is 35.0. The van der Waals surface area contributed by atoms with Gasteiger partial charge in [0.15, 0.2) is 0 Å². The zero-order valence-electron chi connectivity index (χ0n) is 73.2. The molecule has 0 radical (unpaired) electrons. The average Bonchev–Trinajstić information content (AvgIpc) is 0.760. The molecule has 6 aromatic heterocycles. The SMILES string of the molecule is c1ccc(-c2c3ccccc3c(-c3ccc(-c4ccc(-c5ccc6oc7c8ccccc8ccc7c6c5)cc4)nc3)c3ccccc23)cc1.c1ccc(-c2c3ccccc3c(-c3ccc(-c4ccc5c(c4)oc4cc6ccccc6cc45)nc3)c3ccccc23)cc1.c1ccc(-c2c3ccccc3c(-c3ccc(-c4cccc5c4oc4cc6ccccc6cc45)nc3)c3ccccc23)cc1. The van der Waals surface area contributed by atoms with Crippen LogP contribution in [-0.4, -0.2) is 15.0 Å². The van der Waals surface area contributed by atoms with Crippen molar-refractivity contribution in [3.8, 4) is 112 Å². The van der Waals surface area contributed by atoms with E-state index in [0.717, 1.165) is 133 Å². The van der Waals surface area contributed by atoms with Crippen molar-refractivity contribution in [2.45, 2.75) is 0 Å². The Kier molecular flexibility index (Phi) is 18.9. The van der Waals surface area contributed by atoms with E-state index >= 15 is 0 Å². The standard InChI is InChI=1S/C47H29NO.2C41H25NO/c1-2-11-33(12-3-1)45-37-14-6-8-16-39(37)46(40-17-9-7-15-38(40)45)35-23-26-43(48-29-35)32-20-18-30(19-21-32)34-24-27-44-42(28-34)41-25-22-31-10-4-5-13-36(31)47(41)49-44;1-2-11-26(12-3-1)39-30-15-6-8-17-32(30)40(33-18-9-7-16-31(33)39)29-21-22-37(42-25-29)35-20-10-19-34-36-23-27-13-4-5-14-28(27)24-38(36)43-41(34)35;1-2-10-26(11-3-1)40-32-14-6-8-16-34(32)41(35-17-9-7-15-33(35)40)30-19-21-37(42-25-30)29-18-20-31-36-22-27-12-4-5-13-28(27)23-39(36)43-38(31)24-29/h1-29H;2*1-25H. The van der Waals surface area contributed by atoms with E-state index < -0.39 is 0 Å². The molecule has 28 rings (SSSR count). The highest BCUT2D eigenvalue weighted by atomic mass is 16.3. The number of aromatic nitrogens is 3. The van der Waals surface area contributed by atoms with E-state index in [2.05, 4.69) is 461 Å². The minimum absolute atomic E-state index is 0.871. The predicted molar refractivity (Wildman–Crippen MR) is 566 cm³/mol. The van der Waals surface area contributed by atoms with Crippen molar-refractivity contribution in [2.24, 2.45) is 0 Å². The van der Waals surface area contributed by atoms with Gasteiger partial charge < -0.3 is 13.3 Å². The smallest absolute Gasteiger partial charge is 0.144 e. The number of fused-ring (bicyclic) bond motifs is 19. The van der Waals surface area contributed by atoms with Crippen LogP contribution >= 0.6 is 0 Å². The van der Waals surface area contributed by atoms with Crippen LogP contribution in [0, 0.1) is 0 Å². The third-order valence-electron chi connectivity index (χ3n) is 27.3. The molecule has 22 aromatic carbocycles. The van der Waals surface area contributed by atoms with Crippen LogP contribution in [0.1, 0.15) is 0 Å². The molecule has 0 fully saturated rings. The van der Waals surface area contributed by atoms with Crippen LogP contribution < -0.4 is 0 Å². The predicted octanol–water partition coefficient (Wildman–Crippen LogP) is 36.0.